The first-order valence-corrected chi connectivity index (χ1v) is 8.83. The number of rotatable bonds is 2. The molecule has 1 atom stereocenters. The highest BCUT2D eigenvalue weighted by atomic mass is 35.5. The van der Waals surface area contributed by atoms with Gasteiger partial charge in [0.25, 0.3) is 0 Å². The molecule has 2 aliphatic rings. The molecule has 1 unspecified atom stereocenters. The van der Waals surface area contributed by atoms with Gasteiger partial charge >= 0.3 is 12.1 Å². The molecule has 0 amide bonds. The van der Waals surface area contributed by atoms with E-state index in [-0.39, 0.29) is 21.9 Å². The van der Waals surface area contributed by atoms with Crippen LogP contribution in [0.5, 0.6) is 0 Å². The zero-order valence-electron chi connectivity index (χ0n) is 12.8. The number of allylic oxidation sites excluding steroid dienone is 1. The van der Waals surface area contributed by atoms with E-state index in [2.05, 4.69) is 15.3 Å². The van der Waals surface area contributed by atoms with E-state index >= 15 is 0 Å². The van der Waals surface area contributed by atoms with Crippen LogP contribution in [0.4, 0.5) is 19.0 Å². The Hall–Kier alpha value is -2.40. The number of aryl methyl sites for hydroxylation is 1. The number of aliphatic carboxylic acids is 1. The number of carboxylic acids is 1. The highest BCUT2D eigenvalue weighted by Crippen LogP contribution is 2.42. The molecule has 0 saturated carbocycles. The van der Waals surface area contributed by atoms with Gasteiger partial charge in [0.2, 0.25) is 9.84 Å². The molecule has 0 aromatic carbocycles. The van der Waals surface area contributed by atoms with Crippen molar-refractivity contribution in [3.8, 4) is 0 Å². The van der Waals surface area contributed by atoms with Gasteiger partial charge < -0.3 is 10.4 Å². The Bertz CT molecular complexity index is 1030. The topological polar surface area (TPSA) is 109 Å². The van der Waals surface area contributed by atoms with E-state index in [1.54, 1.807) is 0 Å². The molecular formula is C14H9ClF3N3O4S. The van der Waals surface area contributed by atoms with E-state index in [9.17, 15) is 31.5 Å². The summed E-state index contributed by atoms with van der Waals surface area (Å²) in [5, 5.41) is 11.1. The van der Waals surface area contributed by atoms with E-state index in [0.717, 1.165) is 6.20 Å². The molecule has 3 heterocycles. The van der Waals surface area contributed by atoms with Gasteiger partial charge in [0.05, 0.1) is 16.9 Å². The number of alkyl halides is 3. The smallest absolute Gasteiger partial charge is 0.434 e. The molecule has 138 valence electrons. The normalized spacial score (nSPS) is 21.3. The van der Waals surface area contributed by atoms with Gasteiger partial charge in [0, 0.05) is 11.8 Å². The van der Waals surface area contributed by atoms with Crippen molar-refractivity contribution >= 4 is 38.3 Å². The minimum Gasteiger partial charge on any atom is -0.478 e. The lowest BCUT2D eigenvalue weighted by Gasteiger charge is -2.26. The van der Waals surface area contributed by atoms with Crippen molar-refractivity contribution in [3.63, 3.8) is 0 Å². The largest absolute Gasteiger partial charge is 0.478 e. The summed E-state index contributed by atoms with van der Waals surface area (Å²) in [5.74, 6) is -3.03. The number of carbonyl (C=O) groups is 1. The third kappa shape index (κ3) is 2.97. The number of halogens is 4. The van der Waals surface area contributed by atoms with Crippen molar-refractivity contribution in [2.75, 3.05) is 5.32 Å². The van der Waals surface area contributed by atoms with Crippen molar-refractivity contribution < 1.29 is 31.5 Å². The summed E-state index contributed by atoms with van der Waals surface area (Å²) in [7, 11) is -4.58. The number of sulfone groups is 1. The van der Waals surface area contributed by atoms with Crippen molar-refractivity contribution in [2.45, 2.75) is 19.0 Å². The Balaban J connectivity index is 2.27. The summed E-state index contributed by atoms with van der Waals surface area (Å²) in [6.07, 6.45) is -4.04. The molecule has 3 rings (SSSR count). The van der Waals surface area contributed by atoms with E-state index in [0.29, 0.717) is 5.56 Å². The van der Waals surface area contributed by atoms with Gasteiger partial charge in [0.15, 0.2) is 5.70 Å². The van der Waals surface area contributed by atoms with Gasteiger partial charge in [0.1, 0.15) is 16.0 Å². The van der Waals surface area contributed by atoms with E-state index in [1.807, 2.05) is 0 Å². The first-order valence-electron chi connectivity index (χ1n) is 6.91. The number of carboxylic acid groups (broad SMARTS) is 1. The first-order chi connectivity index (χ1) is 11.9. The zero-order chi connectivity index (χ0) is 19.4. The highest BCUT2D eigenvalue weighted by molar-refractivity contribution is 8.09. The molecule has 2 N–H and O–H groups in total. The van der Waals surface area contributed by atoms with Crippen molar-refractivity contribution in [1.29, 1.82) is 0 Å². The van der Waals surface area contributed by atoms with E-state index in [4.69, 9.17) is 11.6 Å². The average molecular weight is 408 g/mol. The monoisotopic (exact) mass is 407 g/mol. The Morgan fingerprint density at radius 1 is 1.38 bits per heavy atom. The van der Waals surface area contributed by atoms with Gasteiger partial charge in [-0.15, -0.1) is 0 Å². The quantitative estimate of drug-likeness (QED) is 0.730. The minimum absolute atomic E-state index is 0.0117. The van der Waals surface area contributed by atoms with Crippen LogP contribution < -0.4 is 5.32 Å². The second kappa shape index (κ2) is 5.81. The van der Waals surface area contributed by atoms with Crippen LogP contribution in [0.15, 0.2) is 33.9 Å². The van der Waals surface area contributed by atoms with Gasteiger partial charge in [-0.25, -0.2) is 23.2 Å². The maximum absolute atomic E-state index is 12.9. The molecule has 2 aliphatic heterocycles. The molecule has 0 spiro atoms. The van der Waals surface area contributed by atoms with Crippen LogP contribution in [0.25, 0.3) is 0 Å². The summed E-state index contributed by atoms with van der Waals surface area (Å²) in [6.45, 7) is 1.51. The van der Waals surface area contributed by atoms with Crippen LogP contribution >= 0.6 is 11.6 Å². The Morgan fingerprint density at radius 2 is 2.04 bits per heavy atom. The number of nitrogens with zero attached hydrogens (tertiary/aromatic N) is 2. The number of nitrogens with one attached hydrogen (secondary N) is 1. The average Bonchev–Trinajstić information content (AvgIpc) is 2.81. The molecular weight excluding hydrogens is 399 g/mol. The Labute approximate surface area is 149 Å². The van der Waals surface area contributed by atoms with Gasteiger partial charge in [-0.2, -0.15) is 13.2 Å². The summed E-state index contributed by atoms with van der Waals surface area (Å²) in [4.78, 5) is 18.7. The molecule has 1 aromatic heterocycles. The van der Waals surface area contributed by atoms with Gasteiger partial charge in [-0.05, 0) is 18.6 Å². The summed E-state index contributed by atoms with van der Waals surface area (Å²) >= 11 is 5.83. The van der Waals surface area contributed by atoms with Crippen LogP contribution in [-0.2, 0) is 14.6 Å². The van der Waals surface area contributed by atoms with E-state index in [1.165, 1.54) is 13.0 Å². The number of pyridine rings is 1. The standard InChI is InChI=1S/C14H9ClF3N3O4S/c1-5-2-8(15)21-11-9(5)10(6(3-19-11)13(22)23)12-20-7(14(16,17)18)4-26(12,24)25/h2-4,10H,1H3,(H,19,21)(H,22,23). The third-order valence-electron chi connectivity index (χ3n) is 3.77. The number of hydrogen-bond acceptors (Lipinski definition) is 6. The van der Waals surface area contributed by atoms with Crippen LogP contribution in [0.2, 0.25) is 5.15 Å². The molecule has 26 heavy (non-hydrogen) atoms. The molecule has 0 fully saturated rings. The summed E-state index contributed by atoms with van der Waals surface area (Å²) in [6, 6.07) is 1.35. The van der Waals surface area contributed by atoms with Crippen LogP contribution in [0, 0.1) is 6.92 Å². The second-order valence-corrected chi connectivity index (χ2v) is 7.63. The number of aromatic nitrogens is 1. The fourth-order valence-electron chi connectivity index (χ4n) is 2.72. The molecule has 1 aromatic rings. The molecule has 0 radical (unpaired) electrons. The Morgan fingerprint density at radius 3 is 2.58 bits per heavy atom. The Kier molecular flexibility index (Phi) is 4.11. The predicted octanol–water partition coefficient (Wildman–Crippen LogP) is 2.75. The maximum atomic E-state index is 12.9. The SMILES string of the molecule is Cc1cc(Cl)nc2c1C(C1=NC(C(F)(F)F)=CS1(=O)=O)C(C(=O)O)=CN2. The summed E-state index contributed by atoms with van der Waals surface area (Å²) < 4.78 is 63.3. The first kappa shape index (κ1) is 18.4. The predicted molar refractivity (Wildman–Crippen MR) is 86.6 cm³/mol. The second-order valence-electron chi connectivity index (χ2n) is 5.50. The fraction of sp³-hybridized carbons (Fsp3) is 0.214. The lowest BCUT2D eigenvalue weighted by molar-refractivity contribution is -0.132. The van der Waals surface area contributed by atoms with Crippen molar-refractivity contribution in [2.24, 2.45) is 4.99 Å². The van der Waals surface area contributed by atoms with Crippen LogP contribution in [0.3, 0.4) is 0 Å². The maximum Gasteiger partial charge on any atom is 0.434 e. The molecule has 12 heteroatoms. The number of hydrogen-bond donors (Lipinski definition) is 2. The van der Waals surface area contributed by atoms with Gasteiger partial charge in [-0.1, -0.05) is 11.6 Å². The molecule has 0 aliphatic carbocycles. The summed E-state index contributed by atoms with van der Waals surface area (Å²) in [5.41, 5.74) is -1.67. The molecule has 0 bridgehead atoms. The van der Waals surface area contributed by atoms with Gasteiger partial charge in [-0.3, -0.25) is 0 Å². The number of anilines is 1. The number of fused-ring (bicyclic) bond motifs is 1. The molecule has 7 nitrogen and oxygen atoms in total. The lowest BCUT2D eigenvalue weighted by Crippen LogP contribution is -2.29. The van der Waals surface area contributed by atoms with Crippen molar-refractivity contribution in [3.05, 3.63) is 45.2 Å². The lowest BCUT2D eigenvalue weighted by atomic mass is 9.87. The van der Waals surface area contributed by atoms with E-state index < -0.39 is 44.2 Å². The van der Waals surface area contributed by atoms with Crippen LogP contribution in [0.1, 0.15) is 17.0 Å². The van der Waals surface area contributed by atoms with Crippen molar-refractivity contribution in [1.82, 2.24) is 4.98 Å². The highest BCUT2D eigenvalue weighted by Gasteiger charge is 2.46. The molecule has 0 saturated heterocycles. The minimum atomic E-state index is -5.00. The third-order valence-corrected chi connectivity index (χ3v) is 5.41. The van der Waals surface area contributed by atoms with Crippen LogP contribution in [-0.4, -0.2) is 35.7 Å². The fourth-order valence-corrected chi connectivity index (χ4v) is 4.37. The number of aliphatic imine (C=N–C) groups is 1. The zero-order valence-corrected chi connectivity index (χ0v) is 14.4.